The van der Waals surface area contributed by atoms with E-state index in [1.807, 2.05) is 31.2 Å². The van der Waals surface area contributed by atoms with Crippen molar-refractivity contribution in [1.29, 1.82) is 0 Å². The average Bonchev–Trinajstić information content (AvgIpc) is 3.38. The van der Waals surface area contributed by atoms with Crippen LogP contribution in [-0.2, 0) is 21.1 Å². The fourth-order valence-electron chi connectivity index (χ4n) is 2.74. The second-order valence-electron chi connectivity index (χ2n) is 6.32. The quantitative estimate of drug-likeness (QED) is 0.904. The number of hydrogen-bond donors (Lipinski definition) is 1. The van der Waals surface area contributed by atoms with Gasteiger partial charge in [0.2, 0.25) is 5.91 Å². The van der Waals surface area contributed by atoms with E-state index in [4.69, 9.17) is 0 Å². The topological polar surface area (TPSA) is 63.2 Å². The summed E-state index contributed by atoms with van der Waals surface area (Å²) in [6, 6.07) is 14.2. The predicted molar refractivity (Wildman–Crippen MR) is 94.8 cm³/mol. The molecule has 24 heavy (non-hydrogen) atoms. The van der Waals surface area contributed by atoms with Gasteiger partial charge in [0, 0.05) is 5.69 Å². The van der Waals surface area contributed by atoms with Crippen LogP contribution in [0.15, 0.2) is 53.4 Å². The Labute approximate surface area is 142 Å². The number of anilines is 1. The van der Waals surface area contributed by atoms with Crippen molar-refractivity contribution in [2.24, 2.45) is 0 Å². The summed E-state index contributed by atoms with van der Waals surface area (Å²) in [4.78, 5) is 12.9. The highest BCUT2D eigenvalue weighted by Crippen LogP contribution is 2.47. The van der Waals surface area contributed by atoms with Gasteiger partial charge in [-0.2, -0.15) is 0 Å². The van der Waals surface area contributed by atoms with Gasteiger partial charge in [-0.3, -0.25) is 4.79 Å². The van der Waals surface area contributed by atoms with E-state index in [-0.39, 0.29) is 4.90 Å². The highest BCUT2D eigenvalue weighted by atomic mass is 32.2. The first-order valence-corrected chi connectivity index (χ1v) is 9.59. The average molecular weight is 343 g/mol. The van der Waals surface area contributed by atoms with E-state index in [9.17, 15) is 13.2 Å². The minimum atomic E-state index is -3.69. The second kappa shape index (κ2) is 6.06. The van der Waals surface area contributed by atoms with Gasteiger partial charge in [-0.05, 0) is 56.0 Å². The maximum atomic E-state index is 12.9. The maximum absolute atomic E-state index is 12.9. The van der Waals surface area contributed by atoms with Crippen LogP contribution in [0.2, 0.25) is 0 Å². The standard InChI is InChI=1S/C19H21NO3S/c1-3-15-6-8-16(9-7-15)20-18(21)19(12-13-19)24(22,23)17-10-4-14(2)5-11-17/h4-11H,3,12-13H2,1-2H3,(H,20,21). The zero-order chi connectivity index (χ0) is 17.4. The Hall–Kier alpha value is -2.14. The molecule has 4 nitrogen and oxygen atoms in total. The van der Waals surface area contributed by atoms with Crippen LogP contribution in [0.4, 0.5) is 5.69 Å². The zero-order valence-electron chi connectivity index (χ0n) is 13.9. The number of carbonyl (C=O) groups excluding carboxylic acids is 1. The highest BCUT2D eigenvalue weighted by Gasteiger charge is 2.61. The van der Waals surface area contributed by atoms with Gasteiger partial charge in [-0.25, -0.2) is 8.42 Å². The summed E-state index contributed by atoms with van der Waals surface area (Å²) in [5.41, 5.74) is 2.78. The van der Waals surface area contributed by atoms with Gasteiger partial charge in [0.15, 0.2) is 14.6 Å². The SMILES string of the molecule is CCc1ccc(NC(=O)C2(S(=O)(=O)c3ccc(C)cc3)CC2)cc1. The van der Waals surface area contributed by atoms with Gasteiger partial charge in [0.05, 0.1) is 4.90 Å². The number of nitrogens with one attached hydrogen (secondary N) is 1. The third-order valence-electron chi connectivity index (χ3n) is 4.58. The molecule has 3 rings (SSSR count). The summed E-state index contributed by atoms with van der Waals surface area (Å²) in [7, 11) is -3.69. The molecule has 1 fully saturated rings. The van der Waals surface area contributed by atoms with Crippen molar-refractivity contribution < 1.29 is 13.2 Å². The lowest BCUT2D eigenvalue weighted by atomic mass is 10.1. The van der Waals surface area contributed by atoms with Crippen LogP contribution in [0.1, 0.15) is 30.9 Å². The molecule has 1 amide bonds. The number of sulfone groups is 1. The first kappa shape index (κ1) is 16.7. The van der Waals surface area contributed by atoms with Crippen LogP contribution < -0.4 is 5.32 Å². The monoisotopic (exact) mass is 343 g/mol. The fraction of sp³-hybridized carbons (Fsp3) is 0.316. The lowest BCUT2D eigenvalue weighted by Gasteiger charge is -2.16. The summed E-state index contributed by atoms with van der Waals surface area (Å²) in [6.07, 6.45) is 1.64. The Balaban J connectivity index is 1.84. The van der Waals surface area contributed by atoms with Crippen LogP contribution in [0.3, 0.4) is 0 Å². The zero-order valence-corrected chi connectivity index (χ0v) is 14.7. The lowest BCUT2D eigenvalue weighted by Crippen LogP contribution is -2.37. The molecule has 0 aliphatic heterocycles. The van der Waals surface area contributed by atoms with Crippen LogP contribution in [0.5, 0.6) is 0 Å². The highest BCUT2D eigenvalue weighted by molar-refractivity contribution is 7.94. The van der Waals surface area contributed by atoms with E-state index in [1.165, 1.54) is 5.56 Å². The number of benzene rings is 2. The maximum Gasteiger partial charge on any atom is 0.246 e. The summed E-state index contributed by atoms with van der Waals surface area (Å²) in [5, 5.41) is 2.77. The summed E-state index contributed by atoms with van der Waals surface area (Å²) in [6.45, 7) is 3.96. The fourth-order valence-corrected chi connectivity index (χ4v) is 4.62. The predicted octanol–water partition coefficient (Wildman–Crippen LogP) is 3.50. The van der Waals surface area contributed by atoms with Crippen molar-refractivity contribution >= 4 is 21.4 Å². The molecule has 0 aromatic heterocycles. The minimum absolute atomic E-state index is 0.210. The van der Waals surface area contributed by atoms with E-state index in [1.54, 1.807) is 24.3 Å². The summed E-state index contributed by atoms with van der Waals surface area (Å²) >= 11 is 0. The Morgan fingerprint density at radius 1 is 1.04 bits per heavy atom. The molecule has 0 saturated heterocycles. The Morgan fingerprint density at radius 3 is 2.12 bits per heavy atom. The van der Waals surface area contributed by atoms with Crippen LogP contribution in [0.25, 0.3) is 0 Å². The number of carbonyl (C=O) groups is 1. The number of aryl methyl sites for hydroxylation is 2. The molecule has 0 bridgehead atoms. The Kier molecular flexibility index (Phi) is 4.22. The third kappa shape index (κ3) is 2.84. The van der Waals surface area contributed by atoms with Gasteiger partial charge in [0.25, 0.3) is 0 Å². The smallest absolute Gasteiger partial charge is 0.246 e. The van der Waals surface area contributed by atoms with Gasteiger partial charge < -0.3 is 5.32 Å². The first-order valence-electron chi connectivity index (χ1n) is 8.11. The van der Waals surface area contributed by atoms with Crippen molar-refractivity contribution in [1.82, 2.24) is 0 Å². The Morgan fingerprint density at radius 2 is 1.62 bits per heavy atom. The third-order valence-corrected chi connectivity index (χ3v) is 7.10. The molecule has 0 unspecified atom stereocenters. The summed E-state index contributed by atoms with van der Waals surface area (Å²) < 4.78 is 24.5. The van der Waals surface area contributed by atoms with Crippen LogP contribution in [0, 0.1) is 6.92 Å². The van der Waals surface area contributed by atoms with Crippen molar-refractivity contribution in [2.45, 2.75) is 42.8 Å². The number of amides is 1. The van der Waals surface area contributed by atoms with E-state index >= 15 is 0 Å². The van der Waals surface area contributed by atoms with E-state index in [2.05, 4.69) is 12.2 Å². The van der Waals surface area contributed by atoms with Gasteiger partial charge in [0.1, 0.15) is 0 Å². The molecular weight excluding hydrogens is 322 g/mol. The van der Waals surface area contributed by atoms with Crippen molar-refractivity contribution in [3.63, 3.8) is 0 Å². The van der Waals surface area contributed by atoms with E-state index < -0.39 is 20.5 Å². The molecule has 1 aliphatic rings. The normalized spacial score (nSPS) is 15.8. The Bertz CT molecular complexity index is 848. The van der Waals surface area contributed by atoms with E-state index in [0.29, 0.717) is 18.5 Å². The molecule has 1 saturated carbocycles. The molecule has 5 heteroatoms. The molecule has 126 valence electrons. The molecule has 0 heterocycles. The molecule has 1 aliphatic carbocycles. The number of hydrogen-bond acceptors (Lipinski definition) is 3. The number of rotatable bonds is 5. The lowest BCUT2D eigenvalue weighted by molar-refractivity contribution is -0.116. The van der Waals surface area contributed by atoms with Gasteiger partial charge in [-0.1, -0.05) is 36.8 Å². The van der Waals surface area contributed by atoms with Gasteiger partial charge in [-0.15, -0.1) is 0 Å². The molecule has 2 aromatic carbocycles. The van der Waals surface area contributed by atoms with Crippen molar-refractivity contribution in [3.8, 4) is 0 Å². The van der Waals surface area contributed by atoms with Gasteiger partial charge >= 0.3 is 0 Å². The van der Waals surface area contributed by atoms with Crippen molar-refractivity contribution in [2.75, 3.05) is 5.32 Å². The molecule has 2 aromatic rings. The molecule has 1 N–H and O–H groups in total. The minimum Gasteiger partial charge on any atom is -0.325 e. The van der Waals surface area contributed by atoms with E-state index in [0.717, 1.165) is 12.0 Å². The molecule has 0 atom stereocenters. The van der Waals surface area contributed by atoms with Crippen LogP contribution in [-0.4, -0.2) is 19.1 Å². The molecular formula is C19H21NO3S. The molecule has 0 radical (unpaired) electrons. The first-order chi connectivity index (χ1) is 11.4. The second-order valence-corrected chi connectivity index (χ2v) is 8.58. The molecule has 0 spiro atoms. The van der Waals surface area contributed by atoms with Crippen molar-refractivity contribution in [3.05, 3.63) is 59.7 Å². The largest absolute Gasteiger partial charge is 0.325 e. The summed E-state index contributed by atoms with van der Waals surface area (Å²) in [5.74, 6) is -0.438. The van der Waals surface area contributed by atoms with Crippen LogP contribution >= 0.6 is 0 Å².